The molecule has 3 heterocycles. The van der Waals surface area contributed by atoms with Crippen LogP contribution >= 0.6 is 36.4 Å². The molecule has 4 nitrogen and oxygen atoms in total. The van der Waals surface area contributed by atoms with Crippen molar-refractivity contribution in [1.29, 1.82) is 0 Å². The Bertz CT molecular complexity index is 726. The van der Waals surface area contributed by atoms with Gasteiger partial charge in [-0.25, -0.2) is 4.39 Å². The van der Waals surface area contributed by atoms with E-state index in [0.29, 0.717) is 22.9 Å². The van der Waals surface area contributed by atoms with Crippen molar-refractivity contribution in [2.24, 2.45) is 11.8 Å². The summed E-state index contributed by atoms with van der Waals surface area (Å²) in [6.45, 7) is 5.08. The van der Waals surface area contributed by atoms with E-state index in [2.05, 4.69) is 28.0 Å². The third-order valence-corrected chi connectivity index (χ3v) is 5.60. The largest absolute Gasteiger partial charge is 0.301 e. The van der Waals surface area contributed by atoms with Crippen LogP contribution in [0.1, 0.15) is 11.6 Å². The highest BCUT2D eigenvalue weighted by Gasteiger charge is 2.45. The molecule has 0 bridgehead atoms. The summed E-state index contributed by atoms with van der Waals surface area (Å²) in [6.07, 6.45) is 3.54. The lowest BCUT2D eigenvalue weighted by molar-refractivity contribution is 0.222. The smallest absolute Gasteiger partial charge is 0.123 e. The molecule has 0 saturated carbocycles. The Balaban J connectivity index is 0.00000121. The van der Waals surface area contributed by atoms with Crippen LogP contribution < -0.4 is 0 Å². The minimum absolute atomic E-state index is 0. The summed E-state index contributed by atoms with van der Waals surface area (Å²) in [4.78, 5) is 4.89. The van der Waals surface area contributed by atoms with E-state index in [1.54, 1.807) is 12.3 Å². The molecule has 1 aromatic carbocycles. The van der Waals surface area contributed by atoms with Crippen LogP contribution in [-0.4, -0.2) is 52.8 Å². The van der Waals surface area contributed by atoms with Crippen molar-refractivity contribution in [3.63, 3.8) is 0 Å². The van der Waals surface area contributed by atoms with Crippen molar-refractivity contribution < 1.29 is 4.39 Å². The molecule has 4 rings (SSSR count). The molecule has 3 atom stereocenters. The number of hydrogen-bond acceptors (Lipinski definition) is 3. The highest BCUT2D eigenvalue weighted by atomic mass is 35.5. The van der Waals surface area contributed by atoms with Crippen molar-refractivity contribution in [2.45, 2.75) is 12.6 Å². The minimum atomic E-state index is -0.144. The molecule has 0 unspecified atom stereocenters. The predicted octanol–water partition coefficient (Wildman–Crippen LogP) is 3.75. The summed E-state index contributed by atoms with van der Waals surface area (Å²) in [5, 5.41) is 4.92. The number of fused-ring (bicyclic) bond motifs is 1. The Morgan fingerprint density at radius 2 is 2.00 bits per heavy atom. The Kier molecular flexibility index (Phi) is 7.34. The molecule has 144 valence electrons. The first kappa shape index (κ1) is 21.5. The normalized spacial score (nSPS) is 25.6. The number of benzene rings is 1. The van der Waals surface area contributed by atoms with Gasteiger partial charge in [-0.15, -0.1) is 24.8 Å². The molecule has 2 aliphatic rings. The SMILES string of the molecule is CN1C[C@H]2CN(CCn3cc(Cl)cn3)C[C@H]2[C@@H]1c1cccc(F)c1.Cl.Cl. The maximum absolute atomic E-state index is 13.6. The van der Waals surface area contributed by atoms with E-state index in [-0.39, 0.29) is 30.6 Å². The Morgan fingerprint density at radius 3 is 2.69 bits per heavy atom. The molecule has 1 aromatic heterocycles. The molecule has 0 radical (unpaired) electrons. The van der Waals surface area contributed by atoms with Gasteiger partial charge in [0, 0.05) is 38.4 Å². The van der Waals surface area contributed by atoms with Gasteiger partial charge in [0.05, 0.1) is 17.8 Å². The third-order valence-electron chi connectivity index (χ3n) is 5.41. The van der Waals surface area contributed by atoms with Gasteiger partial charge in [-0.05, 0) is 36.6 Å². The zero-order chi connectivity index (χ0) is 16.7. The topological polar surface area (TPSA) is 24.3 Å². The summed E-state index contributed by atoms with van der Waals surface area (Å²) < 4.78 is 15.5. The maximum Gasteiger partial charge on any atom is 0.123 e. The summed E-state index contributed by atoms with van der Waals surface area (Å²) in [5.41, 5.74) is 1.10. The molecule has 2 aromatic rings. The van der Waals surface area contributed by atoms with Crippen molar-refractivity contribution in [2.75, 3.05) is 33.2 Å². The van der Waals surface area contributed by atoms with E-state index in [1.165, 1.54) is 6.07 Å². The van der Waals surface area contributed by atoms with Gasteiger partial charge in [0.1, 0.15) is 5.82 Å². The fourth-order valence-corrected chi connectivity index (χ4v) is 4.59. The van der Waals surface area contributed by atoms with Gasteiger partial charge in [-0.2, -0.15) is 5.10 Å². The quantitative estimate of drug-likeness (QED) is 0.751. The number of aromatic nitrogens is 2. The second-order valence-electron chi connectivity index (χ2n) is 7.04. The third kappa shape index (κ3) is 4.34. The number of halogens is 4. The lowest BCUT2D eigenvalue weighted by Gasteiger charge is -2.26. The van der Waals surface area contributed by atoms with Gasteiger partial charge in [-0.3, -0.25) is 9.58 Å². The number of rotatable bonds is 4. The van der Waals surface area contributed by atoms with Gasteiger partial charge in [0.25, 0.3) is 0 Å². The molecule has 0 amide bonds. The molecule has 2 saturated heterocycles. The highest BCUT2D eigenvalue weighted by molar-refractivity contribution is 6.30. The van der Waals surface area contributed by atoms with Crippen molar-refractivity contribution in [1.82, 2.24) is 19.6 Å². The average Bonchev–Trinajstić information content (AvgIpc) is 3.19. The van der Waals surface area contributed by atoms with Crippen molar-refractivity contribution in [3.05, 3.63) is 53.1 Å². The van der Waals surface area contributed by atoms with Crippen LogP contribution in [0.5, 0.6) is 0 Å². The molecule has 8 heteroatoms. The molecule has 26 heavy (non-hydrogen) atoms. The van der Waals surface area contributed by atoms with Crippen molar-refractivity contribution in [3.8, 4) is 0 Å². The van der Waals surface area contributed by atoms with E-state index in [9.17, 15) is 4.39 Å². The van der Waals surface area contributed by atoms with E-state index >= 15 is 0 Å². The van der Waals surface area contributed by atoms with Crippen LogP contribution in [-0.2, 0) is 6.54 Å². The summed E-state index contributed by atoms with van der Waals surface area (Å²) in [7, 11) is 2.16. The lowest BCUT2D eigenvalue weighted by Crippen LogP contribution is -2.31. The van der Waals surface area contributed by atoms with E-state index in [1.807, 2.05) is 16.9 Å². The minimum Gasteiger partial charge on any atom is -0.301 e. The van der Waals surface area contributed by atoms with Crippen LogP contribution in [0.3, 0.4) is 0 Å². The highest BCUT2D eigenvalue weighted by Crippen LogP contribution is 2.43. The van der Waals surface area contributed by atoms with Gasteiger partial charge in [0.2, 0.25) is 0 Å². The standard InChI is InChI=1S/C18H22ClFN4.2ClH/c1-22-9-14-10-23(5-6-24-11-15(19)8-21-24)12-17(14)18(22)13-3-2-4-16(20)7-13;;/h2-4,7-8,11,14,17-18H,5-6,9-10,12H2,1H3;2*1H/t14-,17+,18-;;/m0../s1. The lowest BCUT2D eigenvalue weighted by atomic mass is 9.89. The second kappa shape index (κ2) is 8.89. The predicted molar refractivity (Wildman–Crippen MR) is 107 cm³/mol. The Morgan fingerprint density at radius 1 is 1.19 bits per heavy atom. The number of nitrogens with zero attached hydrogens (tertiary/aromatic N) is 4. The van der Waals surface area contributed by atoms with Gasteiger partial charge >= 0.3 is 0 Å². The fraction of sp³-hybridized carbons (Fsp3) is 0.500. The summed E-state index contributed by atoms with van der Waals surface area (Å²) >= 11 is 5.92. The fourth-order valence-electron chi connectivity index (χ4n) is 4.43. The van der Waals surface area contributed by atoms with E-state index in [4.69, 9.17) is 11.6 Å². The van der Waals surface area contributed by atoms with Gasteiger partial charge in [0.15, 0.2) is 0 Å². The van der Waals surface area contributed by atoms with Gasteiger partial charge < -0.3 is 4.90 Å². The number of likely N-dealkylation sites (tertiary alicyclic amines) is 2. The van der Waals surface area contributed by atoms with Crippen LogP contribution in [0, 0.1) is 17.7 Å². The molecule has 2 aliphatic heterocycles. The first-order valence-electron chi connectivity index (χ1n) is 8.46. The summed E-state index contributed by atoms with van der Waals surface area (Å²) in [6, 6.07) is 7.40. The van der Waals surface area contributed by atoms with Crippen LogP contribution in [0.15, 0.2) is 36.7 Å². The van der Waals surface area contributed by atoms with Crippen LogP contribution in [0.25, 0.3) is 0 Å². The zero-order valence-electron chi connectivity index (χ0n) is 14.6. The Hall–Kier alpha value is -0.850. The second-order valence-corrected chi connectivity index (χ2v) is 7.48. The first-order chi connectivity index (χ1) is 11.6. The average molecular weight is 422 g/mol. The van der Waals surface area contributed by atoms with Crippen molar-refractivity contribution >= 4 is 36.4 Å². The van der Waals surface area contributed by atoms with Crippen LogP contribution in [0.4, 0.5) is 4.39 Å². The molecular formula is C18H24Cl3FN4. The van der Waals surface area contributed by atoms with Crippen LogP contribution in [0.2, 0.25) is 5.02 Å². The number of hydrogen-bond donors (Lipinski definition) is 0. The van der Waals surface area contributed by atoms with E-state index in [0.717, 1.165) is 38.3 Å². The molecule has 0 N–H and O–H groups in total. The monoisotopic (exact) mass is 420 g/mol. The molecule has 2 fully saturated rings. The first-order valence-corrected chi connectivity index (χ1v) is 8.84. The molecular weight excluding hydrogens is 398 g/mol. The Labute approximate surface area is 171 Å². The summed E-state index contributed by atoms with van der Waals surface area (Å²) in [5.74, 6) is 1.08. The zero-order valence-corrected chi connectivity index (χ0v) is 17.0. The molecule has 0 spiro atoms. The molecule has 0 aliphatic carbocycles. The maximum atomic E-state index is 13.6. The van der Waals surface area contributed by atoms with E-state index < -0.39 is 0 Å². The van der Waals surface area contributed by atoms with Gasteiger partial charge in [-0.1, -0.05) is 23.7 Å².